The molecule has 0 aliphatic rings. The molecule has 0 radical (unpaired) electrons. The monoisotopic (exact) mass is 233 g/mol. The van der Waals surface area contributed by atoms with Gasteiger partial charge in [-0.05, 0) is 32.6 Å². The second kappa shape index (κ2) is 4.59. The topological polar surface area (TPSA) is 53.7 Å². The molecule has 0 aliphatic carbocycles. The van der Waals surface area contributed by atoms with Crippen molar-refractivity contribution in [3.8, 4) is 5.75 Å². The molecule has 0 saturated carbocycles. The molecule has 2 aromatic rings. The van der Waals surface area contributed by atoms with Crippen LogP contribution in [0.25, 0.3) is 11.0 Å². The van der Waals surface area contributed by atoms with E-state index in [1.54, 1.807) is 24.3 Å². The van der Waals surface area contributed by atoms with Gasteiger partial charge in [-0.1, -0.05) is 12.1 Å². The summed E-state index contributed by atoms with van der Waals surface area (Å²) in [5.74, 6) is 0.0405. The third-order valence-electron chi connectivity index (χ3n) is 2.69. The Morgan fingerprint density at radius 1 is 1.29 bits per heavy atom. The van der Waals surface area contributed by atoms with Crippen LogP contribution >= 0.6 is 0 Å². The van der Waals surface area contributed by atoms with Crippen LogP contribution in [-0.4, -0.2) is 30.6 Å². The number of hydrogen-bond donors (Lipinski definition) is 1. The molecule has 90 valence electrons. The largest absolute Gasteiger partial charge is 0.507 e. The second-order valence-electron chi connectivity index (χ2n) is 4.27. The molecule has 4 nitrogen and oxygen atoms in total. The number of hydrogen-bond acceptors (Lipinski definition) is 4. The van der Waals surface area contributed by atoms with E-state index in [1.807, 2.05) is 19.0 Å². The van der Waals surface area contributed by atoms with E-state index < -0.39 is 5.63 Å². The summed E-state index contributed by atoms with van der Waals surface area (Å²) in [6.07, 6.45) is 0.478. The second-order valence-corrected chi connectivity index (χ2v) is 4.27. The minimum Gasteiger partial charge on any atom is -0.507 e. The van der Waals surface area contributed by atoms with Crippen LogP contribution in [-0.2, 0) is 6.42 Å². The zero-order valence-corrected chi connectivity index (χ0v) is 9.93. The lowest BCUT2D eigenvalue weighted by atomic mass is 10.1. The Kier molecular flexibility index (Phi) is 3.15. The summed E-state index contributed by atoms with van der Waals surface area (Å²) >= 11 is 0. The summed E-state index contributed by atoms with van der Waals surface area (Å²) < 4.78 is 5.17. The van der Waals surface area contributed by atoms with Gasteiger partial charge in [0.25, 0.3) is 0 Å². The summed E-state index contributed by atoms with van der Waals surface area (Å²) in [6.45, 7) is 0.691. The van der Waals surface area contributed by atoms with Gasteiger partial charge in [-0.15, -0.1) is 0 Å². The number of likely N-dealkylation sites (N-methyl/N-ethyl adjacent to an activating group) is 1. The van der Waals surface area contributed by atoms with Crippen molar-refractivity contribution < 1.29 is 9.52 Å². The van der Waals surface area contributed by atoms with Gasteiger partial charge < -0.3 is 14.4 Å². The summed E-state index contributed by atoms with van der Waals surface area (Å²) in [7, 11) is 3.83. The highest BCUT2D eigenvalue weighted by Crippen LogP contribution is 2.25. The highest BCUT2D eigenvalue weighted by molar-refractivity contribution is 5.83. The van der Waals surface area contributed by atoms with E-state index in [4.69, 9.17) is 4.42 Å². The standard InChI is InChI=1S/C13H15NO3/c1-14(2)8-7-10-12(15)9-5-3-4-6-11(9)17-13(10)16/h3-6,15H,7-8H2,1-2H3. The van der Waals surface area contributed by atoms with Crippen LogP contribution in [0.4, 0.5) is 0 Å². The fraction of sp³-hybridized carbons (Fsp3) is 0.308. The van der Waals surface area contributed by atoms with Crippen molar-refractivity contribution in [2.45, 2.75) is 6.42 Å². The predicted octanol–water partition coefficient (Wildman–Crippen LogP) is 1.60. The molecule has 0 fully saturated rings. The first-order valence-electron chi connectivity index (χ1n) is 5.48. The number of fused-ring (bicyclic) bond motifs is 1. The summed E-state index contributed by atoms with van der Waals surface area (Å²) in [5, 5.41) is 10.6. The number of para-hydroxylation sites is 1. The molecule has 2 rings (SSSR count). The molecule has 17 heavy (non-hydrogen) atoms. The molecule has 0 aliphatic heterocycles. The zero-order valence-electron chi connectivity index (χ0n) is 9.93. The van der Waals surface area contributed by atoms with Gasteiger partial charge in [-0.3, -0.25) is 0 Å². The van der Waals surface area contributed by atoms with E-state index in [0.717, 1.165) is 0 Å². The molecule has 0 atom stereocenters. The van der Waals surface area contributed by atoms with E-state index in [-0.39, 0.29) is 5.75 Å². The molecule has 0 spiro atoms. The van der Waals surface area contributed by atoms with Crippen molar-refractivity contribution in [3.63, 3.8) is 0 Å². The van der Waals surface area contributed by atoms with E-state index in [1.165, 1.54) is 0 Å². The molecule has 1 aromatic heterocycles. The maximum atomic E-state index is 11.7. The Labute approximate surface area is 99.1 Å². The molecular formula is C13H15NO3. The van der Waals surface area contributed by atoms with Crippen LogP contribution in [0.3, 0.4) is 0 Å². The van der Waals surface area contributed by atoms with E-state index >= 15 is 0 Å². The van der Waals surface area contributed by atoms with Gasteiger partial charge in [0.2, 0.25) is 0 Å². The first-order valence-corrected chi connectivity index (χ1v) is 5.48. The van der Waals surface area contributed by atoms with Gasteiger partial charge in [-0.2, -0.15) is 0 Å². The zero-order chi connectivity index (χ0) is 12.4. The first kappa shape index (κ1) is 11.7. The van der Waals surface area contributed by atoms with Crippen LogP contribution in [0.5, 0.6) is 5.75 Å². The van der Waals surface area contributed by atoms with Gasteiger partial charge in [-0.25, -0.2) is 4.79 Å². The first-order chi connectivity index (χ1) is 8.09. The molecule has 1 N–H and O–H groups in total. The lowest BCUT2D eigenvalue weighted by Crippen LogP contribution is -2.19. The minimum absolute atomic E-state index is 0.0405. The lowest BCUT2D eigenvalue weighted by molar-refractivity contribution is 0.400. The highest BCUT2D eigenvalue weighted by Gasteiger charge is 2.13. The molecule has 1 aromatic carbocycles. The third-order valence-corrected chi connectivity index (χ3v) is 2.69. The average Bonchev–Trinajstić information content (AvgIpc) is 2.28. The molecule has 0 saturated heterocycles. The van der Waals surface area contributed by atoms with Crippen molar-refractivity contribution >= 4 is 11.0 Å². The Bertz CT molecular complexity index is 587. The Balaban J connectivity index is 2.52. The molecule has 0 unspecified atom stereocenters. The van der Waals surface area contributed by atoms with E-state index in [0.29, 0.717) is 29.5 Å². The smallest absolute Gasteiger partial charge is 0.343 e. The third kappa shape index (κ3) is 2.31. The molecule has 0 amide bonds. The van der Waals surface area contributed by atoms with Gasteiger partial charge in [0.05, 0.1) is 10.9 Å². The Morgan fingerprint density at radius 2 is 2.00 bits per heavy atom. The van der Waals surface area contributed by atoms with Gasteiger partial charge in [0.1, 0.15) is 11.3 Å². The maximum Gasteiger partial charge on any atom is 0.343 e. The van der Waals surface area contributed by atoms with Crippen LogP contribution in [0.2, 0.25) is 0 Å². The molecule has 4 heteroatoms. The van der Waals surface area contributed by atoms with Crippen LogP contribution in [0, 0.1) is 0 Å². The van der Waals surface area contributed by atoms with Gasteiger partial charge in [0.15, 0.2) is 0 Å². The fourth-order valence-electron chi connectivity index (χ4n) is 1.73. The predicted molar refractivity (Wildman–Crippen MR) is 66.4 cm³/mol. The summed E-state index contributed by atoms with van der Waals surface area (Å²) in [5.41, 5.74) is 0.309. The minimum atomic E-state index is -0.456. The average molecular weight is 233 g/mol. The molecule has 1 heterocycles. The van der Waals surface area contributed by atoms with Crippen LogP contribution in [0.15, 0.2) is 33.5 Å². The van der Waals surface area contributed by atoms with E-state index in [9.17, 15) is 9.90 Å². The number of benzene rings is 1. The Morgan fingerprint density at radius 3 is 2.71 bits per heavy atom. The van der Waals surface area contributed by atoms with E-state index in [2.05, 4.69) is 0 Å². The van der Waals surface area contributed by atoms with Crippen molar-refractivity contribution in [2.24, 2.45) is 0 Å². The quantitative estimate of drug-likeness (QED) is 0.818. The van der Waals surface area contributed by atoms with Crippen molar-refractivity contribution in [1.82, 2.24) is 4.90 Å². The number of aromatic hydroxyl groups is 1. The summed E-state index contributed by atoms with van der Waals surface area (Å²) in [6, 6.07) is 6.99. The Hall–Kier alpha value is -1.81. The number of nitrogens with zero attached hydrogens (tertiary/aromatic N) is 1. The molecular weight excluding hydrogens is 218 g/mol. The van der Waals surface area contributed by atoms with Crippen molar-refractivity contribution in [1.29, 1.82) is 0 Å². The maximum absolute atomic E-state index is 11.7. The van der Waals surface area contributed by atoms with Gasteiger partial charge in [0, 0.05) is 6.54 Å². The lowest BCUT2D eigenvalue weighted by Gasteiger charge is -2.10. The normalized spacial score (nSPS) is 11.2. The highest BCUT2D eigenvalue weighted by atomic mass is 16.4. The van der Waals surface area contributed by atoms with Crippen LogP contribution in [0.1, 0.15) is 5.56 Å². The molecule has 0 bridgehead atoms. The van der Waals surface area contributed by atoms with Crippen molar-refractivity contribution in [3.05, 3.63) is 40.2 Å². The fourth-order valence-corrected chi connectivity index (χ4v) is 1.73. The van der Waals surface area contributed by atoms with Crippen molar-refractivity contribution in [2.75, 3.05) is 20.6 Å². The SMILES string of the molecule is CN(C)CCc1c(O)c2ccccc2oc1=O. The number of rotatable bonds is 3. The van der Waals surface area contributed by atoms with Crippen LogP contribution < -0.4 is 5.63 Å². The van der Waals surface area contributed by atoms with Gasteiger partial charge >= 0.3 is 5.63 Å². The summed E-state index contributed by atoms with van der Waals surface area (Å²) in [4.78, 5) is 13.7.